The van der Waals surface area contributed by atoms with Gasteiger partial charge in [0.15, 0.2) is 0 Å². The van der Waals surface area contributed by atoms with Gasteiger partial charge in [0.2, 0.25) is 0 Å². The topological polar surface area (TPSA) is 83.7 Å². The van der Waals surface area contributed by atoms with Crippen LogP contribution in [0.2, 0.25) is 0 Å². The van der Waals surface area contributed by atoms with Crippen molar-refractivity contribution in [3.05, 3.63) is 48.4 Å². The third-order valence-electron chi connectivity index (χ3n) is 4.06. The SMILES string of the molecule is O=C(NCC(O)c1ccco1)Nc1ccccc1OC1CCCC1. The van der Waals surface area contributed by atoms with E-state index in [9.17, 15) is 9.90 Å². The standard InChI is InChI=1S/C18H22N2O4/c21-15(17-10-5-11-23-17)12-19-18(22)20-14-8-3-4-9-16(14)24-13-6-1-2-7-13/h3-5,8-11,13,15,21H,1-2,6-7,12H2,(H2,19,20,22). The zero-order valence-electron chi connectivity index (χ0n) is 13.4. The van der Waals surface area contributed by atoms with Gasteiger partial charge in [-0.15, -0.1) is 0 Å². The Bertz CT molecular complexity index is 651. The number of amides is 2. The lowest BCUT2D eigenvalue weighted by atomic mass is 10.2. The first-order valence-corrected chi connectivity index (χ1v) is 8.24. The van der Waals surface area contributed by atoms with Crippen molar-refractivity contribution in [3.8, 4) is 5.75 Å². The fourth-order valence-corrected chi connectivity index (χ4v) is 2.80. The maximum Gasteiger partial charge on any atom is 0.319 e. The summed E-state index contributed by atoms with van der Waals surface area (Å²) >= 11 is 0. The predicted octanol–water partition coefficient (Wildman–Crippen LogP) is 3.46. The van der Waals surface area contributed by atoms with Crippen molar-refractivity contribution in [2.45, 2.75) is 37.9 Å². The minimum atomic E-state index is -0.879. The number of urea groups is 1. The van der Waals surface area contributed by atoms with E-state index < -0.39 is 12.1 Å². The molecule has 1 aromatic heterocycles. The van der Waals surface area contributed by atoms with Crippen LogP contribution in [0.25, 0.3) is 0 Å². The Hall–Kier alpha value is -2.47. The Kier molecular flexibility index (Phi) is 5.38. The molecule has 1 saturated carbocycles. The van der Waals surface area contributed by atoms with Gasteiger partial charge in [0.25, 0.3) is 0 Å². The van der Waals surface area contributed by atoms with Crippen LogP contribution in [-0.2, 0) is 0 Å². The number of carbonyl (C=O) groups excluding carboxylic acids is 1. The van der Waals surface area contributed by atoms with Crippen molar-refractivity contribution >= 4 is 11.7 Å². The molecule has 6 heteroatoms. The number of furan rings is 1. The van der Waals surface area contributed by atoms with E-state index in [1.54, 1.807) is 18.2 Å². The van der Waals surface area contributed by atoms with Gasteiger partial charge in [-0.2, -0.15) is 0 Å². The summed E-state index contributed by atoms with van der Waals surface area (Å²) in [4.78, 5) is 12.1. The van der Waals surface area contributed by atoms with Crippen molar-refractivity contribution in [2.24, 2.45) is 0 Å². The van der Waals surface area contributed by atoms with E-state index >= 15 is 0 Å². The lowest BCUT2D eigenvalue weighted by Crippen LogP contribution is -2.32. The summed E-state index contributed by atoms with van der Waals surface area (Å²) in [5.41, 5.74) is 0.620. The highest BCUT2D eigenvalue weighted by Gasteiger charge is 2.18. The molecule has 1 aliphatic rings. The maximum atomic E-state index is 12.1. The van der Waals surface area contributed by atoms with Crippen molar-refractivity contribution < 1.29 is 19.1 Å². The summed E-state index contributed by atoms with van der Waals surface area (Å²) in [6.07, 6.45) is 5.30. The molecule has 1 fully saturated rings. The monoisotopic (exact) mass is 330 g/mol. The number of nitrogens with one attached hydrogen (secondary N) is 2. The van der Waals surface area contributed by atoms with E-state index in [-0.39, 0.29) is 12.6 Å². The molecular formula is C18H22N2O4. The van der Waals surface area contributed by atoms with Crippen LogP contribution in [0.5, 0.6) is 5.75 Å². The lowest BCUT2D eigenvalue weighted by molar-refractivity contribution is 0.149. The molecule has 6 nitrogen and oxygen atoms in total. The molecule has 1 unspecified atom stereocenters. The molecule has 24 heavy (non-hydrogen) atoms. The van der Waals surface area contributed by atoms with Gasteiger partial charge in [-0.25, -0.2) is 4.79 Å². The van der Waals surface area contributed by atoms with Crippen LogP contribution in [-0.4, -0.2) is 23.8 Å². The summed E-state index contributed by atoms with van der Waals surface area (Å²) in [6, 6.07) is 10.3. The Morgan fingerprint density at radius 2 is 2.04 bits per heavy atom. The number of anilines is 1. The molecule has 0 bridgehead atoms. The van der Waals surface area contributed by atoms with Crippen molar-refractivity contribution in [3.63, 3.8) is 0 Å². The molecule has 3 N–H and O–H groups in total. The van der Waals surface area contributed by atoms with E-state index in [2.05, 4.69) is 10.6 Å². The number of aliphatic hydroxyl groups excluding tert-OH is 1. The molecule has 1 aliphatic carbocycles. The molecule has 2 amide bonds. The molecule has 0 saturated heterocycles. The van der Waals surface area contributed by atoms with E-state index in [0.717, 1.165) is 12.8 Å². The second-order valence-corrected chi connectivity index (χ2v) is 5.89. The van der Waals surface area contributed by atoms with E-state index in [1.807, 2.05) is 18.2 Å². The predicted molar refractivity (Wildman–Crippen MR) is 90.0 cm³/mol. The van der Waals surface area contributed by atoms with Gasteiger partial charge in [0.05, 0.1) is 24.6 Å². The first-order chi connectivity index (χ1) is 11.7. The number of hydrogen-bond donors (Lipinski definition) is 3. The highest BCUT2D eigenvalue weighted by Crippen LogP contribution is 2.29. The molecule has 128 valence electrons. The number of para-hydroxylation sites is 2. The highest BCUT2D eigenvalue weighted by atomic mass is 16.5. The van der Waals surface area contributed by atoms with Crippen LogP contribution < -0.4 is 15.4 Å². The number of ether oxygens (including phenoxy) is 1. The molecule has 1 heterocycles. The summed E-state index contributed by atoms with van der Waals surface area (Å²) in [6.45, 7) is 0.0605. The zero-order valence-corrected chi connectivity index (χ0v) is 13.4. The Labute approximate surface area is 140 Å². The van der Waals surface area contributed by atoms with Crippen molar-refractivity contribution in [1.82, 2.24) is 5.32 Å². The van der Waals surface area contributed by atoms with Gasteiger partial charge in [-0.3, -0.25) is 0 Å². The van der Waals surface area contributed by atoms with Crippen LogP contribution in [0, 0.1) is 0 Å². The number of rotatable bonds is 6. The third-order valence-corrected chi connectivity index (χ3v) is 4.06. The largest absolute Gasteiger partial charge is 0.488 e. The van der Waals surface area contributed by atoms with Crippen LogP contribution in [0.3, 0.4) is 0 Å². The third kappa shape index (κ3) is 4.29. The van der Waals surface area contributed by atoms with Crippen LogP contribution in [0.4, 0.5) is 10.5 Å². The molecule has 1 atom stereocenters. The quantitative estimate of drug-likeness (QED) is 0.757. The fraction of sp³-hybridized carbons (Fsp3) is 0.389. The van der Waals surface area contributed by atoms with E-state index in [4.69, 9.17) is 9.15 Å². The summed E-state index contributed by atoms with van der Waals surface area (Å²) in [7, 11) is 0. The molecule has 3 rings (SSSR count). The zero-order chi connectivity index (χ0) is 16.8. The molecular weight excluding hydrogens is 308 g/mol. The smallest absolute Gasteiger partial charge is 0.319 e. The molecule has 0 spiro atoms. The van der Waals surface area contributed by atoms with Gasteiger partial charge in [-0.1, -0.05) is 12.1 Å². The Morgan fingerprint density at radius 3 is 2.79 bits per heavy atom. The minimum absolute atomic E-state index is 0.0605. The number of carbonyl (C=O) groups is 1. The van der Waals surface area contributed by atoms with Gasteiger partial charge < -0.3 is 24.9 Å². The van der Waals surface area contributed by atoms with Crippen molar-refractivity contribution in [1.29, 1.82) is 0 Å². The second-order valence-electron chi connectivity index (χ2n) is 5.89. The fourth-order valence-electron chi connectivity index (χ4n) is 2.80. The van der Waals surface area contributed by atoms with Gasteiger partial charge >= 0.3 is 6.03 Å². The van der Waals surface area contributed by atoms with Crippen LogP contribution in [0.15, 0.2) is 47.1 Å². The Balaban J connectivity index is 1.54. The van der Waals surface area contributed by atoms with E-state index in [0.29, 0.717) is 17.2 Å². The van der Waals surface area contributed by atoms with Crippen molar-refractivity contribution in [2.75, 3.05) is 11.9 Å². The second kappa shape index (κ2) is 7.88. The maximum absolute atomic E-state index is 12.1. The average Bonchev–Trinajstić information content (AvgIpc) is 3.28. The first-order valence-electron chi connectivity index (χ1n) is 8.24. The summed E-state index contributed by atoms with van der Waals surface area (Å²) in [5, 5.41) is 15.3. The average molecular weight is 330 g/mol. The van der Waals surface area contributed by atoms with Crippen LogP contribution >= 0.6 is 0 Å². The number of hydrogen-bond acceptors (Lipinski definition) is 4. The minimum Gasteiger partial charge on any atom is -0.488 e. The van der Waals surface area contributed by atoms with E-state index in [1.165, 1.54) is 19.1 Å². The van der Waals surface area contributed by atoms with Crippen LogP contribution in [0.1, 0.15) is 37.5 Å². The van der Waals surface area contributed by atoms with Gasteiger partial charge in [0, 0.05) is 0 Å². The summed E-state index contributed by atoms with van der Waals surface area (Å²) < 4.78 is 11.1. The summed E-state index contributed by atoms with van der Waals surface area (Å²) in [5.74, 6) is 1.09. The first kappa shape index (κ1) is 16.4. The molecule has 0 radical (unpaired) electrons. The van der Waals surface area contributed by atoms with Gasteiger partial charge in [0.1, 0.15) is 17.6 Å². The molecule has 2 aromatic rings. The molecule has 0 aliphatic heterocycles. The number of aliphatic hydroxyl groups is 1. The normalized spacial score (nSPS) is 15.9. The number of benzene rings is 1. The Morgan fingerprint density at radius 1 is 1.25 bits per heavy atom. The van der Waals surface area contributed by atoms with Gasteiger partial charge in [-0.05, 0) is 49.9 Å². The molecule has 1 aromatic carbocycles. The highest BCUT2D eigenvalue weighted by molar-refractivity contribution is 5.90. The lowest BCUT2D eigenvalue weighted by Gasteiger charge is -2.17.